The number of para-hydroxylation sites is 1. The Morgan fingerprint density at radius 2 is 1.96 bits per heavy atom. The maximum Gasteiger partial charge on any atom is 0.119 e. The second-order valence-electron chi connectivity index (χ2n) is 6.35. The van der Waals surface area contributed by atoms with Crippen molar-refractivity contribution >= 4 is 22.3 Å². The molecule has 1 aromatic heterocycles. The van der Waals surface area contributed by atoms with Crippen LogP contribution in [0.3, 0.4) is 0 Å². The molecule has 0 amide bonds. The first kappa shape index (κ1) is 15.9. The van der Waals surface area contributed by atoms with Crippen molar-refractivity contribution in [3.8, 4) is 5.75 Å². The van der Waals surface area contributed by atoms with Crippen molar-refractivity contribution in [2.24, 2.45) is 0 Å². The summed E-state index contributed by atoms with van der Waals surface area (Å²) in [5.74, 6) is 0.856. The molecular weight excluding hydrogens is 312 g/mol. The third kappa shape index (κ3) is 3.05. The fourth-order valence-corrected chi connectivity index (χ4v) is 3.51. The SMILES string of the molecule is CCOc1ccc(Nc2c3c(nc4ccccc24)CCCC3O)cc1. The summed E-state index contributed by atoms with van der Waals surface area (Å²) in [7, 11) is 0. The van der Waals surface area contributed by atoms with Crippen LogP contribution in [-0.2, 0) is 6.42 Å². The van der Waals surface area contributed by atoms with Gasteiger partial charge in [-0.2, -0.15) is 0 Å². The van der Waals surface area contributed by atoms with E-state index in [1.54, 1.807) is 0 Å². The van der Waals surface area contributed by atoms with Crippen LogP contribution in [0.15, 0.2) is 48.5 Å². The number of aromatic nitrogens is 1. The molecule has 128 valence electrons. The number of pyridine rings is 1. The first-order valence-corrected chi connectivity index (χ1v) is 8.85. The molecule has 2 N–H and O–H groups in total. The standard InChI is InChI=1S/C21H22N2O2/c1-2-25-15-12-10-14(11-13-15)22-21-16-6-3-4-7-17(16)23-18-8-5-9-19(24)20(18)21/h3-4,6-7,10-13,19,24H,2,5,8-9H2,1H3,(H,22,23). The van der Waals surface area contributed by atoms with Gasteiger partial charge in [-0.25, -0.2) is 0 Å². The topological polar surface area (TPSA) is 54.4 Å². The van der Waals surface area contributed by atoms with E-state index in [0.29, 0.717) is 6.61 Å². The van der Waals surface area contributed by atoms with E-state index >= 15 is 0 Å². The van der Waals surface area contributed by atoms with Crippen molar-refractivity contribution < 1.29 is 9.84 Å². The van der Waals surface area contributed by atoms with Gasteiger partial charge in [0.2, 0.25) is 0 Å². The van der Waals surface area contributed by atoms with Gasteiger partial charge in [-0.3, -0.25) is 4.98 Å². The Balaban J connectivity index is 1.80. The highest BCUT2D eigenvalue weighted by atomic mass is 16.5. The van der Waals surface area contributed by atoms with Crippen molar-refractivity contribution in [2.75, 3.05) is 11.9 Å². The number of benzene rings is 2. The molecule has 4 rings (SSSR count). The number of anilines is 2. The van der Waals surface area contributed by atoms with Crippen LogP contribution < -0.4 is 10.1 Å². The second kappa shape index (κ2) is 6.73. The molecule has 0 aliphatic heterocycles. The predicted octanol–water partition coefficient (Wildman–Crippen LogP) is 4.75. The Kier molecular flexibility index (Phi) is 4.28. The van der Waals surface area contributed by atoms with Crippen LogP contribution in [-0.4, -0.2) is 16.7 Å². The molecular formula is C21H22N2O2. The highest BCUT2D eigenvalue weighted by Gasteiger charge is 2.24. The molecule has 25 heavy (non-hydrogen) atoms. The van der Waals surface area contributed by atoms with E-state index in [1.807, 2.05) is 49.4 Å². The van der Waals surface area contributed by atoms with Gasteiger partial charge in [-0.05, 0) is 56.5 Å². The monoisotopic (exact) mass is 334 g/mol. The maximum absolute atomic E-state index is 10.6. The number of rotatable bonds is 4. The summed E-state index contributed by atoms with van der Waals surface area (Å²) in [4.78, 5) is 4.79. The van der Waals surface area contributed by atoms with Gasteiger partial charge in [0.25, 0.3) is 0 Å². The van der Waals surface area contributed by atoms with Gasteiger partial charge in [0, 0.05) is 22.3 Å². The molecule has 0 saturated carbocycles. The summed E-state index contributed by atoms with van der Waals surface area (Å²) >= 11 is 0. The molecule has 1 unspecified atom stereocenters. The Morgan fingerprint density at radius 1 is 1.16 bits per heavy atom. The van der Waals surface area contributed by atoms with Crippen LogP contribution in [0.4, 0.5) is 11.4 Å². The second-order valence-corrected chi connectivity index (χ2v) is 6.35. The van der Waals surface area contributed by atoms with Crippen LogP contribution in [0.1, 0.15) is 37.1 Å². The fraction of sp³-hybridized carbons (Fsp3) is 0.286. The van der Waals surface area contributed by atoms with E-state index < -0.39 is 6.10 Å². The number of nitrogens with one attached hydrogen (secondary N) is 1. The van der Waals surface area contributed by atoms with Gasteiger partial charge < -0.3 is 15.2 Å². The Labute approximate surface area is 147 Å². The molecule has 1 aliphatic carbocycles. The number of aryl methyl sites for hydroxylation is 1. The van der Waals surface area contributed by atoms with Crippen molar-refractivity contribution in [1.82, 2.24) is 4.98 Å². The molecule has 3 aromatic rings. The van der Waals surface area contributed by atoms with Gasteiger partial charge in [0.05, 0.1) is 23.9 Å². The lowest BCUT2D eigenvalue weighted by molar-refractivity contribution is 0.156. The van der Waals surface area contributed by atoms with Gasteiger partial charge in [0.1, 0.15) is 5.75 Å². The highest BCUT2D eigenvalue weighted by molar-refractivity contribution is 5.95. The minimum atomic E-state index is -0.467. The first-order chi connectivity index (χ1) is 12.3. The van der Waals surface area contributed by atoms with Gasteiger partial charge in [0.15, 0.2) is 0 Å². The van der Waals surface area contributed by atoms with Crippen LogP contribution in [0.2, 0.25) is 0 Å². The molecule has 0 radical (unpaired) electrons. The minimum Gasteiger partial charge on any atom is -0.494 e. The summed E-state index contributed by atoms with van der Waals surface area (Å²) in [5, 5.41) is 15.2. The molecule has 2 aromatic carbocycles. The summed E-state index contributed by atoms with van der Waals surface area (Å²) in [5.41, 5.74) is 4.85. The van der Waals surface area contributed by atoms with Gasteiger partial charge in [-0.15, -0.1) is 0 Å². The van der Waals surface area contributed by atoms with E-state index in [9.17, 15) is 5.11 Å². The molecule has 0 fully saturated rings. The van der Waals surface area contributed by atoms with E-state index in [0.717, 1.165) is 58.5 Å². The molecule has 0 saturated heterocycles. The molecule has 1 atom stereocenters. The molecule has 1 aliphatic rings. The van der Waals surface area contributed by atoms with Crippen LogP contribution in [0.5, 0.6) is 5.75 Å². The zero-order valence-electron chi connectivity index (χ0n) is 14.3. The number of aliphatic hydroxyl groups is 1. The third-order valence-corrected chi connectivity index (χ3v) is 4.67. The summed E-state index contributed by atoms with van der Waals surface area (Å²) in [6.07, 6.45) is 2.20. The molecule has 0 spiro atoms. The van der Waals surface area contributed by atoms with Crippen molar-refractivity contribution in [2.45, 2.75) is 32.3 Å². The first-order valence-electron chi connectivity index (χ1n) is 8.85. The van der Waals surface area contributed by atoms with Crippen LogP contribution in [0, 0.1) is 0 Å². The molecule has 0 bridgehead atoms. The number of hydrogen-bond donors (Lipinski definition) is 2. The fourth-order valence-electron chi connectivity index (χ4n) is 3.51. The molecule has 4 heteroatoms. The Hall–Kier alpha value is -2.59. The number of fused-ring (bicyclic) bond motifs is 2. The highest BCUT2D eigenvalue weighted by Crippen LogP contribution is 2.39. The number of hydrogen-bond acceptors (Lipinski definition) is 4. The smallest absolute Gasteiger partial charge is 0.119 e. The van der Waals surface area contributed by atoms with Crippen LogP contribution >= 0.6 is 0 Å². The zero-order chi connectivity index (χ0) is 17.2. The lowest BCUT2D eigenvalue weighted by Crippen LogP contribution is -2.14. The Morgan fingerprint density at radius 3 is 2.76 bits per heavy atom. The van der Waals surface area contributed by atoms with E-state index in [2.05, 4.69) is 11.4 Å². The summed E-state index contributed by atoms with van der Waals surface area (Å²) < 4.78 is 5.51. The van der Waals surface area contributed by atoms with Crippen molar-refractivity contribution in [3.05, 3.63) is 59.8 Å². The van der Waals surface area contributed by atoms with Crippen LogP contribution in [0.25, 0.3) is 10.9 Å². The summed E-state index contributed by atoms with van der Waals surface area (Å²) in [6, 6.07) is 16.0. The Bertz CT molecular complexity index is 890. The van der Waals surface area contributed by atoms with E-state index in [1.165, 1.54) is 0 Å². The maximum atomic E-state index is 10.6. The lowest BCUT2D eigenvalue weighted by Gasteiger charge is -2.25. The third-order valence-electron chi connectivity index (χ3n) is 4.67. The van der Waals surface area contributed by atoms with Gasteiger partial charge >= 0.3 is 0 Å². The number of aliphatic hydroxyl groups excluding tert-OH is 1. The average molecular weight is 334 g/mol. The molecule has 4 nitrogen and oxygen atoms in total. The molecule has 1 heterocycles. The normalized spacial score (nSPS) is 16.5. The van der Waals surface area contributed by atoms with E-state index in [-0.39, 0.29) is 0 Å². The predicted molar refractivity (Wildman–Crippen MR) is 101 cm³/mol. The quantitative estimate of drug-likeness (QED) is 0.723. The number of ether oxygens (including phenoxy) is 1. The van der Waals surface area contributed by atoms with E-state index in [4.69, 9.17) is 9.72 Å². The van der Waals surface area contributed by atoms with Crippen molar-refractivity contribution in [3.63, 3.8) is 0 Å². The lowest BCUT2D eigenvalue weighted by atomic mass is 9.90. The summed E-state index contributed by atoms with van der Waals surface area (Å²) in [6.45, 7) is 2.63. The number of nitrogens with zero attached hydrogens (tertiary/aromatic N) is 1. The van der Waals surface area contributed by atoms with Crippen molar-refractivity contribution in [1.29, 1.82) is 0 Å². The zero-order valence-corrected chi connectivity index (χ0v) is 14.3. The minimum absolute atomic E-state index is 0.467. The average Bonchev–Trinajstić information content (AvgIpc) is 2.63. The largest absolute Gasteiger partial charge is 0.494 e. The van der Waals surface area contributed by atoms with Gasteiger partial charge in [-0.1, -0.05) is 18.2 Å².